The van der Waals surface area contributed by atoms with Gasteiger partial charge < -0.3 is 10.5 Å². The zero-order valence-corrected chi connectivity index (χ0v) is 13.0. The van der Waals surface area contributed by atoms with Gasteiger partial charge in [-0.2, -0.15) is 0 Å². The Bertz CT molecular complexity index is 496. The van der Waals surface area contributed by atoms with E-state index in [-0.39, 0.29) is 11.5 Å². The SMILES string of the molecule is Cc1ccc(C2(C(C)N)CC2)c(OC2CCCC2)c1C. The molecule has 1 aromatic rings. The topological polar surface area (TPSA) is 35.2 Å². The van der Waals surface area contributed by atoms with Crippen molar-refractivity contribution in [3.8, 4) is 5.75 Å². The van der Waals surface area contributed by atoms with E-state index in [1.54, 1.807) is 0 Å². The Labute approximate surface area is 122 Å². The predicted octanol–water partition coefficient (Wildman–Crippen LogP) is 4.00. The molecule has 0 saturated heterocycles. The normalized spacial score (nSPS) is 22.8. The Hall–Kier alpha value is -1.02. The third-order valence-corrected chi connectivity index (χ3v) is 5.46. The number of aryl methyl sites for hydroxylation is 1. The molecule has 0 heterocycles. The molecule has 1 aromatic carbocycles. The minimum atomic E-state index is 0.173. The van der Waals surface area contributed by atoms with E-state index < -0.39 is 0 Å². The van der Waals surface area contributed by atoms with Crippen molar-refractivity contribution in [2.45, 2.75) is 76.9 Å². The second-order valence-corrected chi connectivity index (χ2v) is 6.85. The van der Waals surface area contributed by atoms with Crippen molar-refractivity contribution < 1.29 is 4.74 Å². The Kier molecular flexibility index (Phi) is 3.53. The van der Waals surface area contributed by atoms with E-state index in [9.17, 15) is 0 Å². The highest BCUT2D eigenvalue weighted by Gasteiger charge is 2.49. The number of ether oxygens (including phenoxy) is 1. The van der Waals surface area contributed by atoms with Crippen molar-refractivity contribution in [3.05, 3.63) is 28.8 Å². The maximum Gasteiger partial charge on any atom is 0.126 e. The van der Waals surface area contributed by atoms with E-state index in [2.05, 4.69) is 32.9 Å². The van der Waals surface area contributed by atoms with Crippen LogP contribution in [-0.4, -0.2) is 12.1 Å². The van der Waals surface area contributed by atoms with Crippen molar-refractivity contribution in [1.82, 2.24) is 0 Å². The smallest absolute Gasteiger partial charge is 0.126 e. The van der Waals surface area contributed by atoms with E-state index >= 15 is 0 Å². The first kappa shape index (κ1) is 13.9. The molecule has 20 heavy (non-hydrogen) atoms. The summed E-state index contributed by atoms with van der Waals surface area (Å²) in [4.78, 5) is 0. The van der Waals surface area contributed by atoms with Gasteiger partial charge >= 0.3 is 0 Å². The summed E-state index contributed by atoms with van der Waals surface area (Å²) in [6, 6.07) is 4.70. The van der Waals surface area contributed by atoms with Crippen molar-refractivity contribution in [1.29, 1.82) is 0 Å². The van der Waals surface area contributed by atoms with Gasteiger partial charge in [0.1, 0.15) is 5.75 Å². The van der Waals surface area contributed by atoms with Gasteiger partial charge in [-0.3, -0.25) is 0 Å². The second-order valence-electron chi connectivity index (χ2n) is 6.85. The van der Waals surface area contributed by atoms with Crippen LogP contribution in [0.15, 0.2) is 12.1 Å². The molecule has 0 amide bonds. The fraction of sp³-hybridized carbons (Fsp3) is 0.667. The van der Waals surface area contributed by atoms with Crippen LogP contribution >= 0.6 is 0 Å². The lowest BCUT2D eigenvalue weighted by atomic mass is 9.86. The zero-order chi connectivity index (χ0) is 14.3. The first-order chi connectivity index (χ1) is 9.54. The Morgan fingerprint density at radius 3 is 2.40 bits per heavy atom. The molecule has 0 aliphatic heterocycles. The number of nitrogens with two attached hydrogens (primary N) is 1. The molecule has 2 heteroatoms. The molecule has 0 radical (unpaired) electrons. The van der Waals surface area contributed by atoms with Gasteiger partial charge in [0.15, 0.2) is 0 Å². The lowest BCUT2D eigenvalue weighted by Crippen LogP contribution is -2.32. The summed E-state index contributed by atoms with van der Waals surface area (Å²) in [6.45, 7) is 6.51. The molecule has 0 spiro atoms. The van der Waals surface area contributed by atoms with Gasteiger partial charge in [0.2, 0.25) is 0 Å². The summed E-state index contributed by atoms with van der Waals surface area (Å²) < 4.78 is 6.44. The molecule has 1 unspecified atom stereocenters. The van der Waals surface area contributed by atoms with Gasteiger partial charge in [-0.25, -0.2) is 0 Å². The molecule has 1 atom stereocenters. The molecule has 2 N–H and O–H groups in total. The van der Waals surface area contributed by atoms with Gasteiger partial charge in [0.05, 0.1) is 6.10 Å². The van der Waals surface area contributed by atoms with Gasteiger partial charge in [-0.1, -0.05) is 12.1 Å². The van der Waals surface area contributed by atoms with E-state index in [1.807, 2.05) is 0 Å². The number of benzene rings is 1. The van der Waals surface area contributed by atoms with Crippen LogP contribution in [0, 0.1) is 13.8 Å². The van der Waals surface area contributed by atoms with Crippen LogP contribution in [-0.2, 0) is 5.41 Å². The van der Waals surface area contributed by atoms with Gasteiger partial charge in [0.25, 0.3) is 0 Å². The highest BCUT2D eigenvalue weighted by Crippen LogP contribution is 2.54. The minimum absolute atomic E-state index is 0.173. The fourth-order valence-electron chi connectivity index (χ4n) is 3.61. The van der Waals surface area contributed by atoms with E-state index in [0.29, 0.717) is 6.10 Å². The van der Waals surface area contributed by atoms with Crippen LogP contribution in [0.2, 0.25) is 0 Å². The van der Waals surface area contributed by atoms with Gasteiger partial charge in [0, 0.05) is 17.0 Å². The maximum atomic E-state index is 6.44. The average molecular weight is 273 g/mol. The molecule has 2 aliphatic carbocycles. The van der Waals surface area contributed by atoms with E-state index in [1.165, 1.54) is 55.2 Å². The monoisotopic (exact) mass is 273 g/mol. The van der Waals surface area contributed by atoms with Gasteiger partial charge in [-0.05, 0) is 70.4 Å². The second kappa shape index (κ2) is 5.07. The molecule has 2 fully saturated rings. The Morgan fingerprint density at radius 1 is 1.20 bits per heavy atom. The van der Waals surface area contributed by atoms with Crippen LogP contribution in [0.1, 0.15) is 62.1 Å². The summed E-state index contributed by atoms with van der Waals surface area (Å²) in [6.07, 6.45) is 7.85. The number of hydrogen-bond donors (Lipinski definition) is 1. The first-order valence-corrected chi connectivity index (χ1v) is 8.07. The number of rotatable bonds is 4. The van der Waals surface area contributed by atoms with Crippen LogP contribution in [0.5, 0.6) is 5.75 Å². The average Bonchev–Trinajstić information content (AvgIpc) is 3.06. The maximum absolute atomic E-state index is 6.44. The molecular formula is C18H27NO. The van der Waals surface area contributed by atoms with E-state index in [4.69, 9.17) is 10.5 Å². The highest BCUT2D eigenvalue weighted by atomic mass is 16.5. The lowest BCUT2D eigenvalue weighted by molar-refractivity contribution is 0.204. The Morgan fingerprint density at radius 2 is 1.85 bits per heavy atom. The largest absolute Gasteiger partial charge is 0.490 e. The highest BCUT2D eigenvalue weighted by molar-refractivity contribution is 5.52. The van der Waals surface area contributed by atoms with Crippen LogP contribution in [0.3, 0.4) is 0 Å². The van der Waals surface area contributed by atoms with E-state index in [0.717, 1.165) is 5.75 Å². The summed E-state index contributed by atoms with van der Waals surface area (Å²) in [5.74, 6) is 1.15. The molecular weight excluding hydrogens is 246 g/mol. The summed E-state index contributed by atoms with van der Waals surface area (Å²) >= 11 is 0. The van der Waals surface area contributed by atoms with Crippen molar-refractivity contribution in [2.24, 2.45) is 5.73 Å². The quantitative estimate of drug-likeness (QED) is 0.899. The molecule has 2 nitrogen and oxygen atoms in total. The predicted molar refractivity (Wildman–Crippen MR) is 83.4 cm³/mol. The molecule has 2 aliphatic rings. The Balaban J connectivity index is 1.99. The first-order valence-electron chi connectivity index (χ1n) is 8.07. The fourth-order valence-corrected chi connectivity index (χ4v) is 3.61. The summed E-state index contributed by atoms with van der Waals surface area (Å²) in [7, 11) is 0. The third kappa shape index (κ3) is 2.24. The lowest BCUT2D eigenvalue weighted by Gasteiger charge is -2.27. The van der Waals surface area contributed by atoms with Crippen LogP contribution in [0.4, 0.5) is 0 Å². The molecule has 110 valence electrons. The van der Waals surface area contributed by atoms with Crippen molar-refractivity contribution in [2.75, 3.05) is 0 Å². The van der Waals surface area contributed by atoms with Crippen molar-refractivity contribution in [3.63, 3.8) is 0 Å². The van der Waals surface area contributed by atoms with Gasteiger partial charge in [-0.15, -0.1) is 0 Å². The molecule has 0 aromatic heterocycles. The van der Waals surface area contributed by atoms with Crippen molar-refractivity contribution >= 4 is 0 Å². The zero-order valence-electron chi connectivity index (χ0n) is 13.0. The minimum Gasteiger partial charge on any atom is -0.490 e. The third-order valence-electron chi connectivity index (χ3n) is 5.46. The standard InChI is InChI=1S/C18H27NO/c1-12-8-9-16(18(10-11-18)14(3)19)17(13(12)2)20-15-6-4-5-7-15/h8-9,14-15H,4-7,10-11,19H2,1-3H3. The van der Waals surface area contributed by atoms with Crippen LogP contribution < -0.4 is 10.5 Å². The summed E-state index contributed by atoms with van der Waals surface area (Å²) in [5, 5.41) is 0. The van der Waals surface area contributed by atoms with Crippen LogP contribution in [0.25, 0.3) is 0 Å². The molecule has 0 bridgehead atoms. The summed E-state index contributed by atoms with van der Waals surface area (Å²) in [5.41, 5.74) is 10.4. The molecule has 3 rings (SSSR count). The number of hydrogen-bond acceptors (Lipinski definition) is 2. The molecule has 2 saturated carbocycles.